The summed E-state index contributed by atoms with van der Waals surface area (Å²) in [5.74, 6) is 1.35. The van der Waals surface area contributed by atoms with E-state index in [-0.39, 0.29) is 5.78 Å². The number of carbonyl (C=O) groups is 1. The zero-order valence-corrected chi connectivity index (χ0v) is 15.9. The summed E-state index contributed by atoms with van der Waals surface area (Å²) in [4.78, 5) is 12.5. The Kier molecular flexibility index (Phi) is 6.26. The summed E-state index contributed by atoms with van der Waals surface area (Å²) in [5, 5.41) is 4.98. The predicted octanol–water partition coefficient (Wildman–Crippen LogP) is 4.41. The molecule has 0 radical (unpaired) electrons. The third kappa shape index (κ3) is 4.42. The number of methoxy groups -OCH3 is 2. The van der Waals surface area contributed by atoms with Crippen LogP contribution in [-0.2, 0) is 6.54 Å². The number of ketones is 1. The third-order valence-corrected chi connectivity index (χ3v) is 4.12. The highest BCUT2D eigenvalue weighted by atomic mass is 35.5. The Morgan fingerprint density at radius 3 is 2.64 bits per heavy atom. The summed E-state index contributed by atoms with van der Waals surface area (Å²) >= 11 is 6.40. The van der Waals surface area contributed by atoms with Crippen molar-refractivity contribution in [2.24, 2.45) is 5.92 Å². The standard InChI is InChI=1S/C19H23ClN2O3/c1-12(2)11-22-19(20)15(13(3)21-22)8-9-17(23)16-7-6-14(24-4)10-18(16)25-5/h6-10,12H,11H2,1-5H3/b9-8+. The molecule has 134 valence electrons. The fraction of sp³-hybridized carbons (Fsp3) is 0.368. The molecule has 2 rings (SSSR count). The SMILES string of the molecule is COc1ccc(C(=O)/C=C/c2c(C)nn(CC(C)C)c2Cl)c(OC)c1. The second-order valence-electron chi connectivity index (χ2n) is 6.13. The number of rotatable bonds is 7. The van der Waals surface area contributed by atoms with Crippen molar-refractivity contribution in [3.63, 3.8) is 0 Å². The third-order valence-electron chi connectivity index (χ3n) is 3.72. The average Bonchev–Trinajstić information content (AvgIpc) is 2.84. The lowest BCUT2D eigenvalue weighted by Gasteiger charge is -2.08. The number of nitrogens with zero attached hydrogens (tertiary/aromatic N) is 2. The smallest absolute Gasteiger partial charge is 0.189 e. The number of halogens is 1. The van der Waals surface area contributed by atoms with Crippen molar-refractivity contribution < 1.29 is 14.3 Å². The minimum absolute atomic E-state index is 0.174. The zero-order valence-electron chi connectivity index (χ0n) is 15.2. The Morgan fingerprint density at radius 2 is 2.04 bits per heavy atom. The maximum absolute atomic E-state index is 12.5. The van der Waals surface area contributed by atoms with Crippen LogP contribution in [0.3, 0.4) is 0 Å². The molecule has 5 nitrogen and oxygen atoms in total. The Balaban J connectivity index is 2.28. The molecule has 0 N–H and O–H groups in total. The van der Waals surface area contributed by atoms with Crippen LogP contribution in [0, 0.1) is 12.8 Å². The van der Waals surface area contributed by atoms with Gasteiger partial charge in [0, 0.05) is 18.2 Å². The highest BCUT2D eigenvalue weighted by Gasteiger charge is 2.14. The summed E-state index contributed by atoms with van der Waals surface area (Å²) in [6.07, 6.45) is 3.19. The van der Waals surface area contributed by atoms with Crippen LogP contribution < -0.4 is 9.47 Å². The van der Waals surface area contributed by atoms with Crippen molar-refractivity contribution in [3.05, 3.63) is 46.2 Å². The quantitative estimate of drug-likeness (QED) is 0.540. The van der Waals surface area contributed by atoms with Crippen LogP contribution in [-0.4, -0.2) is 29.8 Å². The molecule has 0 saturated carbocycles. The van der Waals surface area contributed by atoms with Gasteiger partial charge in [-0.25, -0.2) is 0 Å². The predicted molar refractivity (Wildman–Crippen MR) is 99.7 cm³/mol. The fourth-order valence-corrected chi connectivity index (χ4v) is 2.78. The van der Waals surface area contributed by atoms with Crippen molar-refractivity contribution >= 4 is 23.5 Å². The molecule has 1 heterocycles. The zero-order chi connectivity index (χ0) is 18.6. The number of ether oxygens (including phenoxy) is 2. The summed E-state index contributed by atoms with van der Waals surface area (Å²) in [6.45, 7) is 6.80. The Hall–Kier alpha value is -2.27. The number of aromatic nitrogens is 2. The molecule has 0 aliphatic rings. The highest BCUT2D eigenvalue weighted by molar-refractivity contribution is 6.31. The normalized spacial score (nSPS) is 11.3. The van der Waals surface area contributed by atoms with Crippen LogP contribution in [0.15, 0.2) is 24.3 Å². The number of allylic oxidation sites excluding steroid dienone is 1. The first-order chi connectivity index (χ1) is 11.9. The van der Waals surface area contributed by atoms with Gasteiger partial charge in [0.1, 0.15) is 16.7 Å². The van der Waals surface area contributed by atoms with E-state index in [9.17, 15) is 4.79 Å². The molecule has 0 bridgehead atoms. The van der Waals surface area contributed by atoms with Crippen LogP contribution >= 0.6 is 11.6 Å². The van der Waals surface area contributed by atoms with E-state index < -0.39 is 0 Å². The van der Waals surface area contributed by atoms with E-state index in [0.717, 1.165) is 17.8 Å². The van der Waals surface area contributed by atoms with Gasteiger partial charge < -0.3 is 9.47 Å². The van der Waals surface area contributed by atoms with E-state index in [1.807, 2.05) is 6.92 Å². The van der Waals surface area contributed by atoms with Gasteiger partial charge in [-0.05, 0) is 37.1 Å². The number of hydrogen-bond acceptors (Lipinski definition) is 4. The first kappa shape index (κ1) is 19.1. The molecule has 0 atom stereocenters. The van der Waals surface area contributed by atoms with Crippen LogP contribution in [0.5, 0.6) is 11.5 Å². The van der Waals surface area contributed by atoms with Gasteiger partial charge in [0.05, 0.1) is 25.5 Å². The minimum atomic E-state index is -0.174. The number of hydrogen-bond donors (Lipinski definition) is 0. The van der Waals surface area contributed by atoms with Crippen LogP contribution in [0.2, 0.25) is 5.15 Å². The first-order valence-electron chi connectivity index (χ1n) is 8.04. The second kappa shape index (κ2) is 8.21. The van der Waals surface area contributed by atoms with Gasteiger partial charge in [-0.3, -0.25) is 9.48 Å². The molecule has 1 aromatic carbocycles. The molecule has 1 aromatic heterocycles. The van der Waals surface area contributed by atoms with Gasteiger partial charge in [-0.15, -0.1) is 0 Å². The van der Waals surface area contributed by atoms with Gasteiger partial charge in [-0.2, -0.15) is 5.10 Å². The van der Waals surface area contributed by atoms with Crippen molar-refractivity contribution in [2.75, 3.05) is 14.2 Å². The molecule has 6 heteroatoms. The fourth-order valence-electron chi connectivity index (χ4n) is 2.47. The van der Waals surface area contributed by atoms with Crippen molar-refractivity contribution in [3.8, 4) is 11.5 Å². The van der Waals surface area contributed by atoms with Gasteiger partial charge in [0.25, 0.3) is 0 Å². The van der Waals surface area contributed by atoms with Crippen LogP contribution in [0.25, 0.3) is 6.08 Å². The maximum atomic E-state index is 12.5. The van der Waals surface area contributed by atoms with E-state index in [1.165, 1.54) is 13.2 Å². The maximum Gasteiger partial charge on any atom is 0.189 e. The van der Waals surface area contributed by atoms with E-state index in [1.54, 1.807) is 36.1 Å². The van der Waals surface area contributed by atoms with Crippen LogP contribution in [0.4, 0.5) is 0 Å². The van der Waals surface area contributed by atoms with Gasteiger partial charge in [0.15, 0.2) is 5.78 Å². The van der Waals surface area contributed by atoms with Crippen molar-refractivity contribution in [1.82, 2.24) is 9.78 Å². The molecule has 0 aliphatic heterocycles. The molecule has 0 fully saturated rings. The Morgan fingerprint density at radius 1 is 1.32 bits per heavy atom. The van der Waals surface area contributed by atoms with Crippen LogP contribution in [0.1, 0.15) is 35.5 Å². The first-order valence-corrected chi connectivity index (χ1v) is 8.42. The monoisotopic (exact) mass is 362 g/mol. The second-order valence-corrected chi connectivity index (χ2v) is 6.49. The lowest BCUT2D eigenvalue weighted by molar-refractivity contribution is 0.104. The highest BCUT2D eigenvalue weighted by Crippen LogP contribution is 2.26. The number of carbonyl (C=O) groups excluding carboxylic acids is 1. The van der Waals surface area contributed by atoms with E-state index in [2.05, 4.69) is 18.9 Å². The number of benzene rings is 1. The lowest BCUT2D eigenvalue weighted by atomic mass is 10.1. The summed E-state index contributed by atoms with van der Waals surface area (Å²) in [5.41, 5.74) is 2.00. The van der Waals surface area contributed by atoms with Crippen molar-refractivity contribution in [1.29, 1.82) is 0 Å². The molecular weight excluding hydrogens is 340 g/mol. The molecule has 25 heavy (non-hydrogen) atoms. The van der Waals surface area contributed by atoms with Crippen molar-refractivity contribution in [2.45, 2.75) is 27.3 Å². The molecule has 0 aliphatic carbocycles. The van der Waals surface area contributed by atoms with E-state index in [0.29, 0.717) is 28.1 Å². The van der Waals surface area contributed by atoms with Gasteiger partial charge in [0.2, 0.25) is 0 Å². The minimum Gasteiger partial charge on any atom is -0.497 e. The Bertz CT molecular complexity index is 794. The van der Waals surface area contributed by atoms with Gasteiger partial charge in [-0.1, -0.05) is 25.4 Å². The summed E-state index contributed by atoms with van der Waals surface area (Å²) in [6, 6.07) is 5.09. The molecular formula is C19H23ClN2O3. The molecule has 0 unspecified atom stereocenters. The van der Waals surface area contributed by atoms with E-state index in [4.69, 9.17) is 21.1 Å². The molecule has 0 saturated heterocycles. The van der Waals surface area contributed by atoms with Gasteiger partial charge >= 0.3 is 0 Å². The summed E-state index contributed by atoms with van der Waals surface area (Å²) in [7, 11) is 3.09. The lowest BCUT2D eigenvalue weighted by Crippen LogP contribution is -2.06. The molecule has 0 spiro atoms. The van der Waals surface area contributed by atoms with E-state index >= 15 is 0 Å². The molecule has 0 amide bonds. The topological polar surface area (TPSA) is 53.3 Å². The largest absolute Gasteiger partial charge is 0.497 e. The Labute approximate surface area is 153 Å². The average molecular weight is 363 g/mol. The summed E-state index contributed by atoms with van der Waals surface area (Å²) < 4.78 is 12.2. The number of aryl methyl sites for hydroxylation is 1. The molecule has 2 aromatic rings.